The zero-order valence-corrected chi connectivity index (χ0v) is 12.9. The molecule has 3 fully saturated rings. The van der Waals surface area contributed by atoms with Gasteiger partial charge in [0.25, 0.3) is 0 Å². The first-order valence-corrected chi connectivity index (χ1v) is 8.98. The van der Waals surface area contributed by atoms with E-state index in [1.807, 2.05) is 0 Å². The summed E-state index contributed by atoms with van der Waals surface area (Å²) in [5.74, 6) is 1.73. The largest absolute Gasteiger partial charge is 0.381 e. The Bertz CT molecular complexity index is 272. The van der Waals surface area contributed by atoms with Crippen LogP contribution in [-0.4, -0.2) is 38.4 Å². The molecule has 3 aliphatic rings. The van der Waals surface area contributed by atoms with Crippen LogP contribution in [0, 0.1) is 11.8 Å². The van der Waals surface area contributed by atoms with Crippen LogP contribution < -0.4 is 10.6 Å². The van der Waals surface area contributed by atoms with Crippen LogP contribution in [0.3, 0.4) is 0 Å². The fourth-order valence-corrected chi connectivity index (χ4v) is 4.41. The molecule has 2 aliphatic heterocycles. The minimum Gasteiger partial charge on any atom is -0.381 e. The molecule has 2 saturated heterocycles. The van der Waals surface area contributed by atoms with Gasteiger partial charge in [-0.25, -0.2) is 0 Å². The third-order valence-corrected chi connectivity index (χ3v) is 5.69. The van der Waals surface area contributed by atoms with Crippen LogP contribution in [-0.2, 0) is 4.74 Å². The predicted octanol–water partition coefficient (Wildman–Crippen LogP) is 2.70. The Kier molecular flexibility index (Phi) is 5.75. The van der Waals surface area contributed by atoms with Crippen molar-refractivity contribution < 1.29 is 4.74 Å². The third-order valence-electron chi connectivity index (χ3n) is 5.69. The Morgan fingerprint density at radius 3 is 2.50 bits per heavy atom. The topological polar surface area (TPSA) is 33.3 Å². The molecule has 1 aliphatic carbocycles. The first-order valence-electron chi connectivity index (χ1n) is 8.98. The Morgan fingerprint density at radius 1 is 0.900 bits per heavy atom. The minimum absolute atomic E-state index is 0.766. The van der Waals surface area contributed by atoms with Crippen LogP contribution >= 0.6 is 0 Å². The lowest BCUT2D eigenvalue weighted by Crippen LogP contribution is -2.51. The predicted molar refractivity (Wildman–Crippen MR) is 82.9 cm³/mol. The molecule has 0 aromatic rings. The van der Waals surface area contributed by atoms with E-state index < -0.39 is 0 Å². The van der Waals surface area contributed by atoms with Gasteiger partial charge in [0, 0.05) is 25.3 Å². The van der Waals surface area contributed by atoms with Crippen molar-refractivity contribution in [3.05, 3.63) is 0 Å². The van der Waals surface area contributed by atoms with Crippen molar-refractivity contribution in [2.24, 2.45) is 11.8 Å². The summed E-state index contributed by atoms with van der Waals surface area (Å²) in [6, 6.07) is 1.55. The molecule has 0 amide bonds. The fourth-order valence-electron chi connectivity index (χ4n) is 4.41. The summed E-state index contributed by atoms with van der Waals surface area (Å²) >= 11 is 0. The SMILES string of the molecule is C1CCC(C2CCCCC2NCC2CCOCC2)NC1. The molecule has 116 valence electrons. The highest BCUT2D eigenvalue weighted by Crippen LogP contribution is 2.30. The number of nitrogens with one attached hydrogen (secondary N) is 2. The first kappa shape index (κ1) is 14.8. The maximum Gasteiger partial charge on any atom is 0.0469 e. The second kappa shape index (κ2) is 7.77. The van der Waals surface area contributed by atoms with Crippen molar-refractivity contribution in [1.82, 2.24) is 10.6 Å². The monoisotopic (exact) mass is 280 g/mol. The van der Waals surface area contributed by atoms with Gasteiger partial charge in [0.15, 0.2) is 0 Å². The van der Waals surface area contributed by atoms with Crippen LogP contribution in [0.15, 0.2) is 0 Å². The molecule has 3 nitrogen and oxygen atoms in total. The summed E-state index contributed by atoms with van der Waals surface area (Å²) in [4.78, 5) is 0. The summed E-state index contributed by atoms with van der Waals surface area (Å²) in [7, 11) is 0. The smallest absolute Gasteiger partial charge is 0.0469 e. The molecule has 0 bridgehead atoms. The summed E-state index contributed by atoms with van der Waals surface area (Å²) in [5.41, 5.74) is 0. The van der Waals surface area contributed by atoms with Crippen molar-refractivity contribution >= 4 is 0 Å². The quantitative estimate of drug-likeness (QED) is 0.831. The van der Waals surface area contributed by atoms with E-state index in [1.165, 1.54) is 70.9 Å². The molecule has 2 heterocycles. The van der Waals surface area contributed by atoms with Crippen LogP contribution in [0.1, 0.15) is 57.8 Å². The van der Waals surface area contributed by atoms with Gasteiger partial charge in [-0.2, -0.15) is 0 Å². The van der Waals surface area contributed by atoms with Gasteiger partial charge in [0.1, 0.15) is 0 Å². The molecule has 3 atom stereocenters. The van der Waals surface area contributed by atoms with Crippen LogP contribution in [0.4, 0.5) is 0 Å². The highest BCUT2D eigenvalue weighted by atomic mass is 16.5. The van der Waals surface area contributed by atoms with E-state index in [9.17, 15) is 0 Å². The lowest BCUT2D eigenvalue weighted by molar-refractivity contribution is 0.0629. The minimum atomic E-state index is 0.766. The fraction of sp³-hybridized carbons (Fsp3) is 1.00. The average molecular weight is 280 g/mol. The Balaban J connectivity index is 1.49. The maximum atomic E-state index is 5.47. The van der Waals surface area contributed by atoms with Crippen molar-refractivity contribution in [2.45, 2.75) is 69.9 Å². The Labute approximate surface area is 124 Å². The summed E-state index contributed by atoms with van der Waals surface area (Å²) in [6.45, 7) is 4.42. The summed E-state index contributed by atoms with van der Waals surface area (Å²) in [5, 5.41) is 7.74. The molecule has 0 aromatic carbocycles. The van der Waals surface area contributed by atoms with Gasteiger partial charge in [0.05, 0.1) is 0 Å². The van der Waals surface area contributed by atoms with E-state index in [4.69, 9.17) is 4.74 Å². The van der Waals surface area contributed by atoms with Crippen molar-refractivity contribution in [2.75, 3.05) is 26.3 Å². The molecule has 0 aromatic heterocycles. The molecule has 0 spiro atoms. The van der Waals surface area contributed by atoms with Gasteiger partial charge in [0.2, 0.25) is 0 Å². The zero-order chi connectivity index (χ0) is 13.6. The molecule has 3 unspecified atom stereocenters. The van der Waals surface area contributed by atoms with Gasteiger partial charge in [-0.15, -0.1) is 0 Å². The Hall–Kier alpha value is -0.120. The third kappa shape index (κ3) is 3.96. The van der Waals surface area contributed by atoms with Crippen LogP contribution in [0.2, 0.25) is 0 Å². The maximum absolute atomic E-state index is 5.47. The normalized spacial score (nSPS) is 36.9. The van der Waals surface area contributed by atoms with Crippen molar-refractivity contribution in [1.29, 1.82) is 0 Å². The first-order chi connectivity index (χ1) is 9.93. The van der Waals surface area contributed by atoms with E-state index in [1.54, 1.807) is 0 Å². The Morgan fingerprint density at radius 2 is 1.70 bits per heavy atom. The molecule has 2 N–H and O–H groups in total. The highest BCUT2D eigenvalue weighted by Gasteiger charge is 2.32. The molecule has 3 rings (SSSR count). The number of ether oxygens (including phenoxy) is 1. The van der Waals surface area contributed by atoms with Gasteiger partial charge in [-0.3, -0.25) is 0 Å². The molecular formula is C17H32N2O. The highest BCUT2D eigenvalue weighted by molar-refractivity contribution is 4.91. The molecule has 20 heavy (non-hydrogen) atoms. The van der Waals surface area contributed by atoms with Crippen LogP contribution in [0.5, 0.6) is 0 Å². The second-order valence-corrected chi connectivity index (χ2v) is 7.08. The standard InChI is InChI=1S/C17H32N2O/c1-2-6-17(19-13-14-8-11-20-12-9-14)15(5-1)16-7-3-4-10-18-16/h14-19H,1-13H2. The van der Waals surface area contributed by atoms with E-state index in [0.717, 1.165) is 37.1 Å². The van der Waals surface area contributed by atoms with E-state index in [2.05, 4.69) is 10.6 Å². The van der Waals surface area contributed by atoms with Gasteiger partial charge in [-0.1, -0.05) is 19.3 Å². The number of hydrogen-bond acceptors (Lipinski definition) is 3. The lowest BCUT2D eigenvalue weighted by atomic mass is 9.77. The molecule has 0 radical (unpaired) electrons. The van der Waals surface area contributed by atoms with Crippen molar-refractivity contribution in [3.8, 4) is 0 Å². The van der Waals surface area contributed by atoms with E-state index in [-0.39, 0.29) is 0 Å². The molecular weight excluding hydrogens is 248 g/mol. The summed E-state index contributed by atoms with van der Waals surface area (Å²) in [6.07, 6.45) is 12.4. The van der Waals surface area contributed by atoms with Gasteiger partial charge in [-0.05, 0) is 63.5 Å². The number of hydrogen-bond donors (Lipinski definition) is 2. The van der Waals surface area contributed by atoms with Gasteiger partial charge < -0.3 is 15.4 Å². The van der Waals surface area contributed by atoms with Gasteiger partial charge >= 0.3 is 0 Å². The number of piperidine rings is 1. The van der Waals surface area contributed by atoms with Crippen LogP contribution in [0.25, 0.3) is 0 Å². The lowest BCUT2D eigenvalue weighted by Gasteiger charge is -2.40. The zero-order valence-electron chi connectivity index (χ0n) is 12.9. The average Bonchev–Trinajstić information content (AvgIpc) is 2.55. The molecule has 1 saturated carbocycles. The summed E-state index contributed by atoms with van der Waals surface area (Å²) < 4.78 is 5.47. The van der Waals surface area contributed by atoms with E-state index >= 15 is 0 Å². The molecule has 3 heteroatoms. The van der Waals surface area contributed by atoms with E-state index in [0.29, 0.717) is 0 Å². The second-order valence-electron chi connectivity index (χ2n) is 7.08. The van der Waals surface area contributed by atoms with Crippen molar-refractivity contribution in [3.63, 3.8) is 0 Å². The number of rotatable bonds is 4.